The smallest absolute Gasteiger partial charge is 0.309 e. The molecule has 0 radical (unpaired) electrons. The monoisotopic (exact) mass is 541 g/mol. The van der Waals surface area contributed by atoms with E-state index >= 15 is 0 Å². The third-order valence-electron chi connectivity index (χ3n) is 7.85. The second kappa shape index (κ2) is 14.1. The van der Waals surface area contributed by atoms with Crippen molar-refractivity contribution < 1.29 is 28.3 Å². The molecule has 1 rings (SSSR count). The van der Waals surface area contributed by atoms with Crippen molar-refractivity contribution in [3.05, 3.63) is 0 Å². The highest BCUT2D eigenvalue weighted by Gasteiger charge is 2.45. The zero-order valence-corrected chi connectivity index (χ0v) is 26.4. The maximum absolute atomic E-state index is 13.8. The lowest BCUT2D eigenvalue weighted by molar-refractivity contribution is -0.162. The zero-order chi connectivity index (χ0) is 28.5. The lowest BCUT2D eigenvalue weighted by Gasteiger charge is -2.37. The molecule has 0 aliphatic heterocycles. The Morgan fingerprint density at radius 1 is 0.973 bits per heavy atom. The van der Waals surface area contributed by atoms with Crippen LogP contribution in [0.3, 0.4) is 0 Å². The van der Waals surface area contributed by atoms with Gasteiger partial charge in [0, 0.05) is 12.6 Å². The van der Waals surface area contributed by atoms with Gasteiger partial charge in [-0.3, -0.25) is 14.4 Å². The summed E-state index contributed by atoms with van der Waals surface area (Å²) in [6.45, 7) is 21.2. The van der Waals surface area contributed by atoms with E-state index in [-0.39, 0.29) is 41.3 Å². The minimum Gasteiger partial charge on any atom is -0.466 e. The van der Waals surface area contributed by atoms with Crippen LogP contribution in [0.4, 0.5) is 0 Å². The topological polar surface area (TPSA) is 90.9 Å². The summed E-state index contributed by atoms with van der Waals surface area (Å²) < 4.78 is 17.3. The summed E-state index contributed by atoms with van der Waals surface area (Å²) in [5, 5.41) is 3.27. The number of rotatable bonds is 14. The van der Waals surface area contributed by atoms with Gasteiger partial charge in [0.1, 0.15) is 5.60 Å². The molecule has 0 heterocycles. The van der Waals surface area contributed by atoms with Crippen LogP contribution in [0.5, 0.6) is 0 Å². The van der Waals surface area contributed by atoms with E-state index in [1.165, 1.54) is 0 Å². The van der Waals surface area contributed by atoms with E-state index in [2.05, 4.69) is 46.1 Å². The van der Waals surface area contributed by atoms with Gasteiger partial charge >= 0.3 is 11.9 Å². The third-order valence-corrected chi connectivity index (χ3v) is 12.4. The lowest BCUT2D eigenvalue weighted by Crippen LogP contribution is -2.48. The van der Waals surface area contributed by atoms with Crippen LogP contribution >= 0.6 is 0 Å². The van der Waals surface area contributed by atoms with Gasteiger partial charge in [0.2, 0.25) is 5.91 Å². The summed E-state index contributed by atoms with van der Waals surface area (Å²) in [5.41, 5.74) is -1.19. The van der Waals surface area contributed by atoms with Crippen molar-refractivity contribution in [2.75, 3.05) is 13.2 Å². The normalized spacial score (nSPS) is 17.7. The van der Waals surface area contributed by atoms with Crippen molar-refractivity contribution in [1.29, 1.82) is 0 Å². The molecule has 0 aromatic carbocycles. The molecule has 0 spiro atoms. The highest BCUT2D eigenvalue weighted by Crippen LogP contribution is 2.45. The van der Waals surface area contributed by atoms with E-state index in [0.717, 1.165) is 32.1 Å². The Hall–Kier alpha value is -1.41. The van der Waals surface area contributed by atoms with Gasteiger partial charge in [0.15, 0.2) is 8.32 Å². The average molecular weight is 542 g/mol. The standard InChI is InChI=1S/C29H55NO6Si/c1-11-15-22(25(32)36-27(3,4)5)21-29(17-13-14-18-29)26(33)30-23(20-24(31)34-12-2)16-19-35-37(9,10)28(6,7)8/h22-23H,11-21H2,1-10H3,(H,30,33)/t22-,23+/m1/s1. The van der Waals surface area contributed by atoms with Crippen molar-refractivity contribution >= 4 is 26.2 Å². The van der Waals surface area contributed by atoms with E-state index in [4.69, 9.17) is 13.9 Å². The van der Waals surface area contributed by atoms with Crippen LogP contribution in [0, 0.1) is 11.3 Å². The van der Waals surface area contributed by atoms with Crippen LogP contribution in [0.2, 0.25) is 18.1 Å². The SMILES string of the molecule is CCC[C@H](CC1(C(=O)N[C@@H](CCO[Si](C)(C)C(C)(C)C)CC(=O)OCC)CCCC1)C(=O)OC(C)(C)C. The summed E-state index contributed by atoms with van der Waals surface area (Å²) in [6.07, 6.45) is 6.07. The number of carbonyl (C=O) groups is 3. The molecule has 7 nitrogen and oxygen atoms in total. The van der Waals surface area contributed by atoms with Gasteiger partial charge in [-0.05, 0) is 77.9 Å². The highest BCUT2D eigenvalue weighted by atomic mass is 28.4. The Morgan fingerprint density at radius 2 is 1.57 bits per heavy atom. The van der Waals surface area contributed by atoms with E-state index in [0.29, 0.717) is 32.5 Å². The molecule has 216 valence electrons. The molecule has 0 aromatic heterocycles. The molecule has 2 atom stereocenters. The minimum atomic E-state index is -1.95. The quantitative estimate of drug-likeness (QED) is 0.198. The molecule has 37 heavy (non-hydrogen) atoms. The average Bonchev–Trinajstić information content (AvgIpc) is 3.21. The van der Waals surface area contributed by atoms with Gasteiger partial charge < -0.3 is 19.2 Å². The molecule has 0 bridgehead atoms. The number of carbonyl (C=O) groups excluding carboxylic acids is 3. The number of nitrogens with one attached hydrogen (secondary N) is 1. The van der Waals surface area contributed by atoms with Crippen molar-refractivity contribution in [1.82, 2.24) is 5.32 Å². The number of hydrogen-bond donors (Lipinski definition) is 1. The van der Waals surface area contributed by atoms with E-state index in [9.17, 15) is 14.4 Å². The first-order chi connectivity index (χ1) is 17.0. The number of amides is 1. The second-order valence-electron chi connectivity index (χ2n) is 13.3. The van der Waals surface area contributed by atoms with E-state index in [1.807, 2.05) is 20.8 Å². The lowest BCUT2D eigenvalue weighted by atomic mass is 9.75. The van der Waals surface area contributed by atoms with Gasteiger partial charge in [-0.15, -0.1) is 0 Å². The van der Waals surface area contributed by atoms with Crippen LogP contribution in [-0.4, -0.2) is 51.0 Å². The maximum atomic E-state index is 13.8. The van der Waals surface area contributed by atoms with Gasteiger partial charge in [0.05, 0.1) is 24.4 Å². The summed E-state index contributed by atoms with van der Waals surface area (Å²) >= 11 is 0. The molecular weight excluding hydrogens is 486 g/mol. The van der Waals surface area contributed by atoms with Crippen molar-refractivity contribution in [2.24, 2.45) is 11.3 Å². The number of hydrogen-bond acceptors (Lipinski definition) is 6. The summed E-state index contributed by atoms with van der Waals surface area (Å²) in [6, 6.07) is -0.375. The molecule has 0 saturated heterocycles. The van der Waals surface area contributed by atoms with Crippen LogP contribution < -0.4 is 5.32 Å². The van der Waals surface area contributed by atoms with Crippen LogP contribution in [0.15, 0.2) is 0 Å². The Bertz CT molecular complexity index is 746. The maximum Gasteiger partial charge on any atom is 0.309 e. The molecule has 0 unspecified atom stereocenters. The van der Waals surface area contributed by atoms with Crippen molar-refractivity contribution in [2.45, 2.75) is 143 Å². The fourth-order valence-electron chi connectivity index (χ4n) is 4.74. The van der Waals surface area contributed by atoms with E-state index in [1.54, 1.807) is 6.92 Å². The first-order valence-electron chi connectivity index (χ1n) is 14.3. The van der Waals surface area contributed by atoms with Gasteiger partial charge in [-0.1, -0.05) is 47.0 Å². The van der Waals surface area contributed by atoms with Gasteiger partial charge in [-0.25, -0.2) is 0 Å². The third kappa shape index (κ3) is 11.1. The largest absolute Gasteiger partial charge is 0.466 e. The Labute approximate surface area is 227 Å². The Kier molecular flexibility index (Phi) is 12.8. The van der Waals surface area contributed by atoms with Gasteiger partial charge in [0.25, 0.3) is 0 Å². The predicted molar refractivity (Wildman–Crippen MR) is 151 cm³/mol. The van der Waals surface area contributed by atoms with E-state index < -0.39 is 19.3 Å². The van der Waals surface area contributed by atoms with Crippen molar-refractivity contribution in [3.63, 3.8) is 0 Å². The fourth-order valence-corrected chi connectivity index (χ4v) is 5.80. The van der Waals surface area contributed by atoms with Crippen LogP contribution in [0.1, 0.15) is 113 Å². The predicted octanol–water partition coefficient (Wildman–Crippen LogP) is 6.54. The summed E-state index contributed by atoms with van der Waals surface area (Å²) in [5.74, 6) is -0.924. The van der Waals surface area contributed by atoms with Crippen LogP contribution in [-0.2, 0) is 28.3 Å². The van der Waals surface area contributed by atoms with Crippen LogP contribution in [0.25, 0.3) is 0 Å². The molecule has 0 aromatic rings. The zero-order valence-electron chi connectivity index (χ0n) is 25.4. The molecule has 1 aliphatic carbocycles. The molecular formula is C29H55NO6Si. The molecule has 8 heteroatoms. The second-order valence-corrected chi connectivity index (χ2v) is 18.1. The molecule has 1 fully saturated rings. The highest BCUT2D eigenvalue weighted by molar-refractivity contribution is 6.74. The van der Waals surface area contributed by atoms with Gasteiger partial charge in [-0.2, -0.15) is 0 Å². The first-order valence-corrected chi connectivity index (χ1v) is 17.2. The number of esters is 2. The Morgan fingerprint density at radius 3 is 2.05 bits per heavy atom. The fraction of sp³-hybridized carbons (Fsp3) is 0.897. The molecule has 1 amide bonds. The Balaban J connectivity index is 3.05. The molecule has 1 saturated carbocycles. The first kappa shape index (κ1) is 33.6. The molecule has 1 N–H and O–H groups in total. The minimum absolute atomic E-state index is 0.0590. The van der Waals surface area contributed by atoms with Crippen molar-refractivity contribution in [3.8, 4) is 0 Å². The summed E-state index contributed by atoms with van der Waals surface area (Å²) in [7, 11) is -1.95. The summed E-state index contributed by atoms with van der Waals surface area (Å²) in [4.78, 5) is 39.2. The number of ether oxygens (including phenoxy) is 2. The molecule has 1 aliphatic rings.